The summed E-state index contributed by atoms with van der Waals surface area (Å²) < 4.78 is 2.62. The first-order chi connectivity index (χ1) is 13.3. The largest absolute Gasteiger partial charge is 0.481 e. The third-order valence-corrected chi connectivity index (χ3v) is 5.59. The molecule has 3 rings (SSSR count). The molecule has 28 heavy (non-hydrogen) atoms. The van der Waals surface area contributed by atoms with E-state index in [0.29, 0.717) is 31.7 Å². The number of benzene rings is 1. The van der Waals surface area contributed by atoms with Crippen molar-refractivity contribution >= 4 is 44.7 Å². The highest BCUT2D eigenvalue weighted by Crippen LogP contribution is 2.33. The second-order valence-corrected chi connectivity index (χ2v) is 7.78. The number of piperazine rings is 1. The fourth-order valence-corrected chi connectivity index (χ4v) is 4.06. The second kappa shape index (κ2) is 8.32. The molecule has 0 bridgehead atoms. The summed E-state index contributed by atoms with van der Waals surface area (Å²) in [4.78, 5) is 38.3. The van der Waals surface area contributed by atoms with Gasteiger partial charge in [0.2, 0.25) is 5.91 Å². The standard InChI is InChI=1S/C19H22BrN3O5/c1-12(24)21-6-8-22(9-7-21)18(19(27)28)15-11-23(5-4-17(25)26)16-3-2-13(20)10-14(15)16/h2-3,10-11,18H,4-9H2,1H3,(H,25,26)(H,27,28)/t18-/m0/s1. The van der Waals surface area contributed by atoms with Crippen molar-refractivity contribution in [2.24, 2.45) is 0 Å². The number of fused-ring (bicyclic) bond motifs is 1. The van der Waals surface area contributed by atoms with Crippen molar-refractivity contribution in [3.05, 3.63) is 34.4 Å². The first-order valence-electron chi connectivity index (χ1n) is 9.00. The van der Waals surface area contributed by atoms with Crippen LogP contribution in [0, 0.1) is 0 Å². The molecular weight excluding hydrogens is 430 g/mol. The van der Waals surface area contributed by atoms with Crippen LogP contribution in [0.5, 0.6) is 0 Å². The molecule has 1 aromatic carbocycles. The van der Waals surface area contributed by atoms with E-state index in [1.54, 1.807) is 15.7 Å². The van der Waals surface area contributed by atoms with E-state index in [1.165, 1.54) is 6.92 Å². The Bertz CT molecular complexity index is 918. The Labute approximate surface area is 170 Å². The maximum atomic E-state index is 12.2. The third-order valence-electron chi connectivity index (χ3n) is 5.09. The van der Waals surface area contributed by atoms with Gasteiger partial charge in [0.15, 0.2) is 0 Å². The van der Waals surface area contributed by atoms with Crippen molar-refractivity contribution < 1.29 is 24.6 Å². The molecule has 1 saturated heterocycles. The Balaban J connectivity index is 1.98. The van der Waals surface area contributed by atoms with E-state index in [0.717, 1.165) is 15.4 Å². The molecule has 2 heterocycles. The van der Waals surface area contributed by atoms with E-state index >= 15 is 0 Å². The number of rotatable bonds is 6. The topological polar surface area (TPSA) is 103 Å². The molecule has 1 aliphatic heterocycles. The highest BCUT2D eigenvalue weighted by Gasteiger charge is 2.33. The lowest BCUT2D eigenvalue weighted by atomic mass is 10.0. The number of carboxylic acids is 2. The van der Waals surface area contributed by atoms with Gasteiger partial charge in [-0.3, -0.25) is 19.3 Å². The fourth-order valence-electron chi connectivity index (χ4n) is 3.70. The van der Waals surface area contributed by atoms with Crippen LogP contribution in [0.2, 0.25) is 0 Å². The van der Waals surface area contributed by atoms with Gasteiger partial charge in [0.05, 0.1) is 6.42 Å². The number of carbonyl (C=O) groups excluding carboxylic acids is 1. The van der Waals surface area contributed by atoms with Crippen LogP contribution in [0.1, 0.15) is 24.9 Å². The summed E-state index contributed by atoms with van der Waals surface area (Å²) in [5, 5.41) is 19.8. The normalized spacial score (nSPS) is 16.3. The van der Waals surface area contributed by atoms with E-state index in [-0.39, 0.29) is 18.9 Å². The molecule has 1 fully saturated rings. The average molecular weight is 452 g/mol. The van der Waals surface area contributed by atoms with E-state index in [1.807, 2.05) is 23.1 Å². The molecule has 1 atom stereocenters. The molecular formula is C19H22BrN3O5. The quantitative estimate of drug-likeness (QED) is 0.697. The molecule has 9 heteroatoms. The average Bonchev–Trinajstić information content (AvgIpc) is 2.98. The SMILES string of the molecule is CC(=O)N1CCN([C@H](C(=O)O)c2cn(CCC(=O)O)c3ccc(Br)cc23)CC1. The zero-order chi connectivity index (χ0) is 20.4. The molecule has 0 saturated carbocycles. The van der Waals surface area contributed by atoms with Crippen molar-refractivity contribution in [2.75, 3.05) is 26.2 Å². The molecule has 8 nitrogen and oxygen atoms in total. The lowest BCUT2D eigenvalue weighted by Gasteiger charge is -2.37. The number of aliphatic carboxylic acids is 2. The Hall–Kier alpha value is -2.39. The fraction of sp³-hybridized carbons (Fsp3) is 0.421. The molecule has 0 unspecified atom stereocenters. The second-order valence-electron chi connectivity index (χ2n) is 6.87. The summed E-state index contributed by atoms with van der Waals surface area (Å²) >= 11 is 3.44. The maximum absolute atomic E-state index is 12.2. The minimum Gasteiger partial charge on any atom is -0.481 e. The van der Waals surface area contributed by atoms with Gasteiger partial charge in [-0.05, 0) is 18.2 Å². The van der Waals surface area contributed by atoms with Crippen LogP contribution in [-0.2, 0) is 20.9 Å². The van der Waals surface area contributed by atoms with E-state index in [2.05, 4.69) is 15.9 Å². The zero-order valence-electron chi connectivity index (χ0n) is 15.5. The van der Waals surface area contributed by atoms with Gasteiger partial charge in [0.1, 0.15) is 6.04 Å². The van der Waals surface area contributed by atoms with Crippen LogP contribution in [0.3, 0.4) is 0 Å². The third kappa shape index (κ3) is 4.20. The number of carboxylic acid groups (broad SMARTS) is 2. The van der Waals surface area contributed by atoms with Gasteiger partial charge in [-0.2, -0.15) is 0 Å². The van der Waals surface area contributed by atoms with Gasteiger partial charge in [-0.25, -0.2) is 0 Å². The van der Waals surface area contributed by atoms with Gasteiger partial charge in [-0.1, -0.05) is 15.9 Å². The van der Waals surface area contributed by atoms with Crippen LogP contribution in [0.4, 0.5) is 0 Å². The van der Waals surface area contributed by atoms with Crippen molar-refractivity contribution in [1.82, 2.24) is 14.4 Å². The highest BCUT2D eigenvalue weighted by atomic mass is 79.9. The summed E-state index contributed by atoms with van der Waals surface area (Å²) in [5.41, 5.74) is 1.43. The first kappa shape index (κ1) is 20.3. The number of halogens is 1. The van der Waals surface area contributed by atoms with Crippen LogP contribution in [0.15, 0.2) is 28.9 Å². The number of amides is 1. The molecule has 0 radical (unpaired) electrons. The van der Waals surface area contributed by atoms with Crippen LogP contribution >= 0.6 is 15.9 Å². The zero-order valence-corrected chi connectivity index (χ0v) is 17.1. The summed E-state index contributed by atoms with van der Waals surface area (Å²) in [7, 11) is 0. The summed E-state index contributed by atoms with van der Waals surface area (Å²) in [6.45, 7) is 3.68. The van der Waals surface area contributed by atoms with Gasteiger partial charge < -0.3 is 19.7 Å². The predicted octanol–water partition coefficient (Wildman–Crippen LogP) is 2.17. The van der Waals surface area contributed by atoms with Gasteiger partial charge >= 0.3 is 11.9 Å². The van der Waals surface area contributed by atoms with Gasteiger partial charge in [-0.15, -0.1) is 0 Å². The van der Waals surface area contributed by atoms with E-state index < -0.39 is 18.0 Å². The molecule has 2 N–H and O–H groups in total. The molecule has 1 amide bonds. The van der Waals surface area contributed by atoms with E-state index in [9.17, 15) is 19.5 Å². The van der Waals surface area contributed by atoms with Crippen molar-refractivity contribution in [3.8, 4) is 0 Å². The molecule has 1 aromatic heterocycles. The Morgan fingerprint density at radius 2 is 1.82 bits per heavy atom. The number of aryl methyl sites for hydroxylation is 1. The number of nitrogens with zero attached hydrogens (tertiary/aromatic N) is 3. The summed E-state index contributed by atoms with van der Waals surface area (Å²) in [5.74, 6) is -1.88. The number of hydrogen-bond acceptors (Lipinski definition) is 4. The monoisotopic (exact) mass is 451 g/mol. The predicted molar refractivity (Wildman–Crippen MR) is 106 cm³/mol. The van der Waals surface area contributed by atoms with E-state index in [4.69, 9.17) is 5.11 Å². The van der Waals surface area contributed by atoms with Gasteiger partial charge in [0.25, 0.3) is 0 Å². The van der Waals surface area contributed by atoms with Gasteiger partial charge in [0, 0.05) is 66.8 Å². The van der Waals surface area contributed by atoms with Crippen LogP contribution < -0.4 is 0 Å². The van der Waals surface area contributed by atoms with Crippen molar-refractivity contribution in [3.63, 3.8) is 0 Å². The molecule has 150 valence electrons. The number of hydrogen-bond donors (Lipinski definition) is 2. The number of aromatic nitrogens is 1. The summed E-state index contributed by atoms with van der Waals surface area (Å²) in [6.07, 6.45) is 1.70. The van der Waals surface area contributed by atoms with Crippen molar-refractivity contribution in [2.45, 2.75) is 25.9 Å². The minimum absolute atomic E-state index is 0.0132. The van der Waals surface area contributed by atoms with Crippen LogP contribution in [-0.4, -0.2) is 68.6 Å². The maximum Gasteiger partial charge on any atom is 0.325 e. The lowest BCUT2D eigenvalue weighted by Crippen LogP contribution is -2.50. The highest BCUT2D eigenvalue weighted by molar-refractivity contribution is 9.10. The number of carbonyl (C=O) groups is 3. The summed E-state index contributed by atoms with van der Waals surface area (Å²) in [6, 6.07) is 4.71. The first-order valence-corrected chi connectivity index (χ1v) is 9.79. The Kier molecular flexibility index (Phi) is 6.04. The molecule has 0 spiro atoms. The molecule has 0 aliphatic carbocycles. The molecule has 2 aromatic rings. The molecule has 1 aliphatic rings. The Morgan fingerprint density at radius 3 is 2.39 bits per heavy atom. The van der Waals surface area contributed by atoms with Crippen molar-refractivity contribution in [1.29, 1.82) is 0 Å². The van der Waals surface area contributed by atoms with Crippen LogP contribution in [0.25, 0.3) is 10.9 Å². The minimum atomic E-state index is -0.964. The Morgan fingerprint density at radius 1 is 1.14 bits per heavy atom. The lowest BCUT2D eigenvalue weighted by molar-refractivity contribution is -0.145. The smallest absolute Gasteiger partial charge is 0.325 e.